The molecule has 1 aromatic rings. The summed E-state index contributed by atoms with van der Waals surface area (Å²) in [5.74, 6) is -1.52. The molecule has 82 valence electrons. The summed E-state index contributed by atoms with van der Waals surface area (Å²) in [5, 5.41) is 20.0. The van der Waals surface area contributed by atoms with E-state index in [9.17, 15) is 9.70 Å². The molecule has 0 aliphatic heterocycles. The number of ether oxygens (including phenoxy) is 1. The second kappa shape index (κ2) is 4.84. The Labute approximate surface area is 90.3 Å². The van der Waals surface area contributed by atoms with Crippen molar-refractivity contribution in [1.82, 2.24) is 4.98 Å². The molecule has 0 atom stereocenters. The van der Waals surface area contributed by atoms with E-state index in [0.29, 0.717) is 0 Å². The van der Waals surface area contributed by atoms with E-state index >= 15 is 0 Å². The van der Waals surface area contributed by atoms with E-state index in [1.807, 2.05) is 0 Å². The van der Waals surface area contributed by atoms with Gasteiger partial charge < -0.3 is 9.84 Å². The molecule has 0 aliphatic carbocycles. The molecule has 1 rings (SSSR count). The minimum Gasteiger partial charge on any atom is -0.477 e. The lowest BCUT2D eigenvalue weighted by molar-refractivity contribution is 0.0690. The minimum absolute atomic E-state index is 0.0264. The van der Waals surface area contributed by atoms with Crippen LogP contribution in [0.4, 0.5) is 5.69 Å². The van der Waals surface area contributed by atoms with Gasteiger partial charge in [-0.1, -0.05) is 0 Å². The number of aromatic nitrogens is 1. The van der Waals surface area contributed by atoms with Gasteiger partial charge in [0.15, 0.2) is 5.69 Å². The minimum atomic E-state index is -1.40. The molecule has 0 spiro atoms. The van der Waals surface area contributed by atoms with E-state index in [1.54, 1.807) is 13.0 Å². The quantitative estimate of drug-likeness (QED) is 0.769. The Morgan fingerprint density at radius 3 is 2.88 bits per heavy atom. The summed E-state index contributed by atoms with van der Waals surface area (Å²) in [6.07, 6.45) is 0. The van der Waals surface area contributed by atoms with Crippen LogP contribution < -0.4 is 4.74 Å². The molecule has 7 nitrogen and oxygen atoms in total. The molecule has 0 bridgehead atoms. The van der Waals surface area contributed by atoms with Crippen LogP contribution in [0.1, 0.15) is 23.0 Å². The van der Waals surface area contributed by atoms with Gasteiger partial charge in [-0.2, -0.15) is 5.26 Å². The molecule has 1 aromatic heterocycles. The number of carboxylic acids is 1. The summed E-state index contributed by atoms with van der Waals surface area (Å²) in [7, 11) is 0. The first-order valence-electron chi connectivity index (χ1n) is 4.28. The number of carbonyl (C=O) groups is 1. The molecule has 0 unspecified atom stereocenters. The van der Waals surface area contributed by atoms with E-state index in [2.05, 4.69) is 10.2 Å². The molecule has 0 fully saturated rings. The zero-order valence-corrected chi connectivity index (χ0v) is 8.30. The molecular weight excluding hydrogens is 214 g/mol. The number of aromatic carboxylic acids is 1. The monoisotopic (exact) mass is 221 g/mol. The molecule has 16 heavy (non-hydrogen) atoms. The summed E-state index contributed by atoms with van der Waals surface area (Å²) in [4.78, 5) is 24.7. The van der Waals surface area contributed by atoms with Gasteiger partial charge >= 0.3 is 5.97 Å². The topological polar surface area (TPSA) is 113 Å². The number of hydrogen-bond donors (Lipinski definition) is 1. The lowest BCUT2D eigenvalue weighted by Crippen LogP contribution is -2.05. The summed E-state index contributed by atoms with van der Waals surface area (Å²) >= 11 is 0. The lowest BCUT2D eigenvalue weighted by Gasteiger charge is -2.05. The van der Waals surface area contributed by atoms with Crippen LogP contribution in [0.3, 0.4) is 0 Å². The number of hydrogen-bond acceptors (Lipinski definition) is 6. The van der Waals surface area contributed by atoms with Gasteiger partial charge in [-0.05, 0) is 18.2 Å². The highest BCUT2D eigenvalue weighted by Crippen LogP contribution is 2.25. The van der Waals surface area contributed by atoms with E-state index in [4.69, 9.17) is 15.1 Å². The Kier molecular flexibility index (Phi) is 3.50. The Hall–Kier alpha value is -2.49. The first kappa shape index (κ1) is 11.6. The fourth-order valence-corrected chi connectivity index (χ4v) is 1.04. The van der Waals surface area contributed by atoms with Crippen LogP contribution in [-0.2, 0) is 0 Å². The smallest absolute Gasteiger partial charge is 0.357 e. The van der Waals surface area contributed by atoms with Crippen LogP contribution in [0.2, 0.25) is 0 Å². The lowest BCUT2D eigenvalue weighted by atomic mass is 10.2. The third-order valence-electron chi connectivity index (χ3n) is 1.67. The van der Waals surface area contributed by atoms with Crippen molar-refractivity contribution in [2.75, 3.05) is 6.61 Å². The largest absolute Gasteiger partial charge is 0.477 e. The van der Waals surface area contributed by atoms with Crippen molar-refractivity contribution < 1.29 is 14.6 Å². The van der Waals surface area contributed by atoms with Gasteiger partial charge in [0.25, 0.3) is 0 Å². The van der Waals surface area contributed by atoms with Crippen LogP contribution in [0.15, 0.2) is 11.2 Å². The van der Waals surface area contributed by atoms with Crippen LogP contribution in [0.25, 0.3) is 0 Å². The number of pyridine rings is 1. The van der Waals surface area contributed by atoms with Crippen LogP contribution >= 0.6 is 0 Å². The number of nitrogens with zero attached hydrogens (tertiary/aromatic N) is 3. The Bertz CT molecular complexity index is 478. The number of nitriles is 1. The highest BCUT2D eigenvalue weighted by molar-refractivity contribution is 5.91. The first-order chi connectivity index (χ1) is 7.63. The summed E-state index contributed by atoms with van der Waals surface area (Å²) in [6, 6.07) is 2.78. The maximum atomic E-state index is 10.7. The second-order valence-electron chi connectivity index (χ2n) is 2.65. The average molecular weight is 221 g/mol. The fourth-order valence-electron chi connectivity index (χ4n) is 1.04. The van der Waals surface area contributed by atoms with Gasteiger partial charge in [-0.25, -0.2) is 9.78 Å². The van der Waals surface area contributed by atoms with Crippen molar-refractivity contribution >= 4 is 11.7 Å². The molecule has 0 saturated heterocycles. The predicted molar refractivity (Wildman–Crippen MR) is 52.5 cm³/mol. The van der Waals surface area contributed by atoms with Gasteiger partial charge in [0, 0.05) is 0 Å². The molecule has 0 aliphatic rings. The fraction of sp³-hybridized carbons (Fsp3) is 0.222. The van der Waals surface area contributed by atoms with Crippen LogP contribution in [0.5, 0.6) is 5.88 Å². The van der Waals surface area contributed by atoms with Crippen molar-refractivity contribution in [2.24, 2.45) is 5.18 Å². The molecule has 7 heteroatoms. The van der Waals surface area contributed by atoms with Gasteiger partial charge in [-0.3, -0.25) is 0 Å². The summed E-state index contributed by atoms with van der Waals surface area (Å²) in [6.45, 7) is 1.89. The van der Waals surface area contributed by atoms with E-state index in [1.165, 1.54) is 0 Å². The Balaban J connectivity index is 3.41. The van der Waals surface area contributed by atoms with Crippen molar-refractivity contribution in [3.8, 4) is 11.9 Å². The third-order valence-corrected chi connectivity index (χ3v) is 1.67. The van der Waals surface area contributed by atoms with Crippen molar-refractivity contribution in [1.29, 1.82) is 5.26 Å². The second-order valence-corrected chi connectivity index (χ2v) is 2.65. The number of rotatable bonds is 4. The van der Waals surface area contributed by atoms with E-state index in [0.717, 1.165) is 6.07 Å². The van der Waals surface area contributed by atoms with Gasteiger partial charge in [0.05, 0.1) is 6.61 Å². The maximum absolute atomic E-state index is 10.7. The average Bonchev–Trinajstić information content (AvgIpc) is 2.28. The van der Waals surface area contributed by atoms with Crippen molar-refractivity contribution in [3.63, 3.8) is 0 Å². The summed E-state index contributed by atoms with van der Waals surface area (Å²) in [5.41, 5.74) is -0.952. The zero-order chi connectivity index (χ0) is 12.1. The molecule has 0 amide bonds. The molecule has 0 aromatic carbocycles. The highest BCUT2D eigenvalue weighted by atomic mass is 16.5. The Morgan fingerprint density at radius 1 is 1.75 bits per heavy atom. The highest BCUT2D eigenvalue weighted by Gasteiger charge is 2.18. The van der Waals surface area contributed by atoms with Crippen LogP contribution in [-0.4, -0.2) is 22.7 Å². The van der Waals surface area contributed by atoms with Crippen LogP contribution in [0, 0.1) is 16.2 Å². The first-order valence-corrected chi connectivity index (χ1v) is 4.28. The Morgan fingerprint density at radius 2 is 2.44 bits per heavy atom. The van der Waals surface area contributed by atoms with Crippen molar-refractivity contribution in [2.45, 2.75) is 6.92 Å². The van der Waals surface area contributed by atoms with Gasteiger partial charge in [-0.15, -0.1) is 4.91 Å². The van der Waals surface area contributed by atoms with Gasteiger partial charge in [0.2, 0.25) is 5.88 Å². The maximum Gasteiger partial charge on any atom is 0.357 e. The van der Waals surface area contributed by atoms with Crippen molar-refractivity contribution in [3.05, 3.63) is 22.2 Å². The molecular formula is C9H7N3O4. The summed E-state index contributed by atoms with van der Waals surface area (Å²) < 4.78 is 4.98. The molecule has 0 saturated carbocycles. The SMILES string of the molecule is CCOc1nc(C(=O)O)c(N=O)cc1C#N. The van der Waals surface area contributed by atoms with Gasteiger partial charge in [0.1, 0.15) is 17.3 Å². The normalized spacial score (nSPS) is 9.25. The molecule has 1 heterocycles. The standard InChI is InChI=1S/C9H7N3O4/c1-2-16-8-5(4-10)3-6(12-15)7(11-8)9(13)14/h3H,2H2,1H3,(H,13,14). The number of carboxylic acid groups (broad SMARTS) is 1. The third kappa shape index (κ3) is 2.12. The van der Waals surface area contributed by atoms with E-state index in [-0.39, 0.29) is 18.1 Å². The molecule has 0 radical (unpaired) electrons. The predicted octanol–water partition coefficient (Wildman–Crippen LogP) is 1.45. The zero-order valence-electron chi connectivity index (χ0n) is 8.30. The van der Waals surface area contributed by atoms with E-state index < -0.39 is 17.4 Å². The molecule has 1 N–H and O–H groups in total. The number of nitroso groups, excluding NO2 is 1.